The molecule has 3 heterocycles. The molecule has 1 N–H and O–H groups in total. The topological polar surface area (TPSA) is 96.8 Å². The van der Waals surface area contributed by atoms with Gasteiger partial charge in [0.25, 0.3) is 5.91 Å². The lowest BCUT2D eigenvalue weighted by Crippen LogP contribution is -2.57. The summed E-state index contributed by atoms with van der Waals surface area (Å²) in [6, 6.07) is 2.01. The number of β-lactam (4-membered cyclic amide) rings is 1. The maximum atomic E-state index is 12.5. The van der Waals surface area contributed by atoms with Gasteiger partial charge in [-0.15, -0.1) is 0 Å². The van der Waals surface area contributed by atoms with Gasteiger partial charge in [-0.25, -0.2) is 9.59 Å². The van der Waals surface area contributed by atoms with Crippen LogP contribution in [-0.2, 0) is 14.3 Å². The summed E-state index contributed by atoms with van der Waals surface area (Å²) in [6.07, 6.45) is 5.14. The number of carboxylic acid groups (broad SMARTS) is 1. The van der Waals surface area contributed by atoms with E-state index in [1.165, 1.54) is 23.2 Å². The first-order valence-electron chi connectivity index (χ1n) is 8.27. The number of fused-ring (bicyclic) bond motifs is 1. The first kappa shape index (κ1) is 17.8. The minimum Gasteiger partial charge on any atom is -0.480 e. The Morgan fingerprint density at radius 1 is 1.50 bits per heavy atom. The van der Waals surface area contributed by atoms with Crippen molar-refractivity contribution >= 4 is 23.9 Å². The Morgan fingerprint density at radius 2 is 2.23 bits per heavy atom. The molecule has 1 unspecified atom stereocenters. The van der Waals surface area contributed by atoms with Crippen LogP contribution >= 0.6 is 0 Å². The predicted octanol–water partition coefficient (Wildman–Crippen LogP) is 1.90. The van der Waals surface area contributed by atoms with Crippen LogP contribution in [0.2, 0.25) is 0 Å². The van der Waals surface area contributed by atoms with E-state index in [1.54, 1.807) is 12.1 Å². The molecule has 2 atom stereocenters. The van der Waals surface area contributed by atoms with Crippen molar-refractivity contribution in [3.63, 3.8) is 0 Å². The zero-order chi connectivity index (χ0) is 19.1. The Morgan fingerprint density at radius 3 is 2.88 bits per heavy atom. The van der Waals surface area contributed by atoms with Crippen LogP contribution in [-0.4, -0.2) is 51.5 Å². The van der Waals surface area contributed by atoms with Crippen LogP contribution in [0, 0.1) is 5.41 Å². The number of esters is 1. The SMILES string of the molecule is C=CCOC(=O)c1ccnc(/C=C2/C(=O)N3C2CC(C)(C)[C@@H]3C(=O)O)c1. The number of carboxylic acids is 1. The van der Waals surface area contributed by atoms with Crippen molar-refractivity contribution in [2.75, 3.05) is 6.61 Å². The number of amides is 1. The van der Waals surface area contributed by atoms with Gasteiger partial charge in [-0.3, -0.25) is 9.78 Å². The molecule has 3 rings (SSSR count). The van der Waals surface area contributed by atoms with Crippen molar-refractivity contribution in [1.82, 2.24) is 9.88 Å². The van der Waals surface area contributed by atoms with Gasteiger partial charge in [-0.2, -0.15) is 0 Å². The molecule has 7 heteroatoms. The normalized spacial score (nSPS) is 24.8. The number of carbonyl (C=O) groups is 3. The zero-order valence-electron chi connectivity index (χ0n) is 14.6. The zero-order valence-corrected chi connectivity index (χ0v) is 14.6. The molecule has 2 aliphatic rings. The molecule has 26 heavy (non-hydrogen) atoms. The van der Waals surface area contributed by atoms with Crippen LogP contribution in [0.1, 0.15) is 36.3 Å². The van der Waals surface area contributed by atoms with Gasteiger partial charge in [-0.05, 0) is 30.0 Å². The lowest BCUT2D eigenvalue weighted by atomic mass is 9.83. The molecular formula is C19H20N2O5. The van der Waals surface area contributed by atoms with Crippen molar-refractivity contribution in [3.05, 3.63) is 47.8 Å². The van der Waals surface area contributed by atoms with Gasteiger partial charge >= 0.3 is 11.9 Å². The van der Waals surface area contributed by atoms with Crippen molar-refractivity contribution < 1.29 is 24.2 Å². The Balaban J connectivity index is 1.84. The molecule has 1 aromatic rings. The number of aromatic nitrogens is 1. The number of pyridine rings is 1. The van der Waals surface area contributed by atoms with Crippen molar-refractivity contribution in [1.29, 1.82) is 0 Å². The van der Waals surface area contributed by atoms with E-state index in [0.29, 0.717) is 23.3 Å². The van der Waals surface area contributed by atoms with Crippen LogP contribution in [0.4, 0.5) is 0 Å². The summed E-state index contributed by atoms with van der Waals surface area (Å²) < 4.78 is 4.99. The Bertz CT molecular complexity index is 827. The number of carbonyl (C=O) groups excluding carboxylic acids is 2. The van der Waals surface area contributed by atoms with Gasteiger partial charge < -0.3 is 14.7 Å². The van der Waals surface area contributed by atoms with E-state index < -0.39 is 23.4 Å². The number of hydrogen-bond acceptors (Lipinski definition) is 5. The smallest absolute Gasteiger partial charge is 0.338 e. The van der Waals surface area contributed by atoms with Gasteiger partial charge in [0.1, 0.15) is 12.6 Å². The standard InChI is InChI=1S/C19H20N2O5/c1-4-7-26-18(25)11-5-6-20-12(8-11)9-13-14-10-19(2,3)15(17(23)24)21(14)16(13)22/h4-6,8-9,14-15H,1,7,10H2,2-3H3,(H,23,24)/b13-9+/t14?,15-/m0/s1. The predicted molar refractivity (Wildman–Crippen MR) is 93.1 cm³/mol. The maximum absolute atomic E-state index is 12.5. The molecule has 2 fully saturated rings. The van der Waals surface area contributed by atoms with Crippen LogP contribution in [0.25, 0.3) is 6.08 Å². The fraction of sp³-hybridized carbons (Fsp3) is 0.368. The lowest BCUT2D eigenvalue weighted by molar-refractivity contribution is -0.154. The lowest BCUT2D eigenvalue weighted by Gasteiger charge is -2.40. The molecule has 0 radical (unpaired) electrons. The molecule has 136 valence electrons. The van der Waals surface area contributed by atoms with Crippen LogP contribution in [0.5, 0.6) is 0 Å². The Kier molecular flexibility index (Phi) is 4.39. The molecule has 7 nitrogen and oxygen atoms in total. The molecule has 1 aromatic heterocycles. The van der Waals surface area contributed by atoms with Gasteiger partial charge in [0.2, 0.25) is 0 Å². The first-order chi connectivity index (χ1) is 12.3. The minimum absolute atomic E-state index is 0.110. The summed E-state index contributed by atoms with van der Waals surface area (Å²) in [4.78, 5) is 41.5. The van der Waals surface area contributed by atoms with E-state index in [-0.39, 0.29) is 18.6 Å². The monoisotopic (exact) mass is 356 g/mol. The fourth-order valence-corrected chi connectivity index (χ4v) is 3.65. The Labute approximate surface area is 151 Å². The molecule has 0 saturated carbocycles. The van der Waals surface area contributed by atoms with E-state index in [1.807, 2.05) is 13.8 Å². The number of rotatable bonds is 5. The van der Waals surface area contributed by atoms with E-state index in [0.717, 1.165) is 0 Å². The third-order valence-corrected chi connectivity index (χ3v) is 4.80. The van der Waals surface area contributed by atoms with Crippen LogP contribution < -0.4 is 0 Å². The summed E-state index contributed by atoms with van der Waals surface area (Å²) >= 11 is 0. The molecule has 1 amide bonds. The molecular weight excluding hydrogens is 336 g/mol. The van der Waals surface area contributed by atoms with Gasteiger partial charge in [-0.1, -0.05) is 26.5 Å². The average Bonchev–Trinajstić information content (AvgIpc) is 2.86. The molecule has 2 aliphatic heterocycles. The van der Waals surface area contributed by atoms with Gasteiger partial charge in [0.15, 0.2) is 0 Å². The maximum Gasteiger partial charge on any atom is 0.338 e. The highest BCUT2D eigenvalue weighted by Crippen LogP contribution is 2.49. The summed E-state index contributed by atoms with van der Waals surface area (Å²) in [5.41, 5.74) is 0.793. The van der Waals surface area contributed by atoms with E-state index in [4.69, 9.17) is 4.74 Å². The summed E-state index contributed by atoms with van der Waals surface area (Å²) in [5, 5.41) is 9.45. The van der Waals surface area contributed by atoms with Gasteiger partial charge in [0, 0.05) is 11.8 Å². The molecule has 0 bridgehead atoms. The van der Waals surface area contributed by atoms with Gasteiger partial charge in [0.05, 0.1) is 17.3 Å². The highest BCUT2D eigenvalue weighted by molar-refractivity contribution is 6.08. The Hall–Kier alpha value is -2.96. The van der Waals surface area contributed by atoms with Crippen LogP contribution in [0.15, 0.2) is 36.6 Å². The number of ether oxygens (including phenoxy) is 1. The third kappa shape index (κ3) is 2.89. The fourth-order valence-electron chi connectivity index (χ4n) is 3.65. The second-order valence-corrected chi connectivity index (χ2v) is 7.12. The number of hydrogen-bond donors (Lipinski definition) is 1. The second kappa shape index (κ2) is 6.40. The number of aliphatic carboxylic acids is 1. The summed E-state index contributed by atoms with van der Waals surface area (Å²) in [5.74, 6) is -1.79. The molecule has 0 aliphatic carbocycles. The first-order valence-corrected chi connectivity index (χ1v) is 8.27. The van der Waals surface area contributed by atoms with Crippen molar-refractivity contribution in [2.45, 2.75) is 32.4 Å². The highest BCUT2D eigenvalue weighted by Gasteiger charge is 2.60. The quantitative estimate of drug-likeness (QED) is 0.375. The highest BCUT2D eigenvalue weighted by atomic mass is 16.5. The van der Waals surface area contributed by atoms with Crippen molar-refractivity contribution in [3.8, 4) is 0 Å². The average molecular weight is 356 g/mol. The molecule has 0 aromatic carbocycles. The van der Waals surface area contributed by atoms with E-state index >= 15 is 0 Å². The van der Waals surface area contributed by atoms with Crippen LogP contribution in [0.3, 0.4) is 0 Å². The largest absolute Gasteiger partial charge is 0.480 e. The third-order valence-electron chi connectivity index (χ3n) is 4.80. The van der Waals surface area contributed by atoms with E-state index in [9.17, 15) is 19.5 Å². The molecule has 0 spiro atoms. The molecule has 2 saturated heterocycles. The summed E-state index contributed by atoms with van der Waals surface area (Å²) in [6.45, 7) is 7.30. The second-order valence-electron chi connectivity index (χ2n) is 7.12. The van der Waals surface area contributed by atoms with Crippen molar-refractivity contribution in [2.24, 2.45) is 5.41 Å². The van der Waals surface area contributed by atoms with E-state index in [2.05, 4.69) is 11.6 Å². The number of nitrogens with zero attached hydrogens (tertiary/aromatic N) is 2. The summed E-state index contributed by atoms with van der Waals surface area (Å²) in [7, 11) is 0. The minimum atomic E-state index is -0.991.